The number of ether oxygens (including phenoxy) is 1. The number of rotatable bonds is 9. The maximum Gasteiger partial charge on any atom is 0.407 e. The van der Waals surface area contributed by atoms with Crippen LogP contribution in [0.3, 0.4) is 0 Å². The van der Waals surface area contributed by atoms with Crippen molar-refractivity contribution >= 4 is 18.0 Å². The average Bonchev–Trinajstić information content (AvgIpc) is 2.51. The van der Waals surface area contributed by atoms with Crippen molar-refractivity contribution in [3.05, 3.63) is 0 Å². The zero-order valence-corrected chi connectivity index (χ0v) is 15.9. The van der Waals surface area contributed by atoms with Gasteiger partial charge in [-0.3, -0.25) is 9.59 Å². The molecule has 1 aliphatic carbocycles. The quantitative estimate of drug-likeness (QED) is 0.488. The van der Waals surface area contributed by atoms with Crippen LogP contribution in [0.25, 0.3) is 0 Å². The van der Waals surface area contributed by atoms with Crippen molar-refractivity contribution in [2.75, 3.05) is 19.6 Å². The van der Waals surface area contributed by atoms with E-state index in [4.69, 9.17) is 14.9 Å². The number of carbonyl (C=O) groups excluding carboxylic acids is 1. The summed E-state index contributed by atoms with van der Waals surface area (Å²) in [5, 5.41) is 23.7. The van der Waals surface area contributed by atoms with Gasteiger partial charge in [0.05, 0.1) is 12.3 Å². The lowest BCUT2D eigenvalue weighted by Crippen LogP contribution is -2.37. The van der Waals surface area contributed by atoms with Crippen LogP contribution in [0.4, 0.5) is 4.79 Å². The van der Waals surface area contributed by atoms with Crippen molar-refractivity contribution < 1.29 is 29.3 Å². The Morgan fingerprint density at radius 3 is 2.04 bits per heavy atom. The topological polar surface area (TPSA) is 125 Å². The number of hydrogen-bond donors (Lipinski definition) is 4. The molecule has 26 heavy (non-hydrogen) atoms. The van der Waals surface area contributed by atoms with E-state index in [2.05, 4.69) is 10.6 Å². The highest BCUT2D eigenvalue weighted by atomic mass is 16.6. The van der Waals surface area contributed by atoms with Crippen molar-refractivity contribution in [3.63, 3.8) is 0 Å². The summed E-state index contributed by atoms with van der Waals surface area (Å²) in [4.78, 5) is 33.4. The first-order valence-corrected chi connectivity index (χ1v) is 9.19. The number of nitrogens with one attached hydrogen (secondary N) is 2. The maximum atomic E-state index is 11.7. The van der Waals surface area contributed by atoms with E-state index >= 15 is 0 Å². The van der Waals surface area contributed by atoms with Crippen molar-refractivity contribution in [1.29, 1.82) is 0 Å². The number of carboxylic acid groups (broad SMARTS) is 2. The Kier molecular flexibility index (Phi) is 8.84. The van der Waals surface area contributed by atoms with Crippen LogP contribution in [-0.2, 0) is 14.3 Å². The Morgan fingerprint density at radius 1 is 1.04 bits per heavy atom. The molecule has 0 aromatic rings. The van der Waals surface area contributed by atoms with E-state index in [0.717, 1.165) is 25.7 Å². The number of amides is 1. The van der Waals surface area contributed by atoms with Gasteiger partial charge in [-0.2, -0.15) is 0 Å². The van der Waals surface area contributed by atoms with Crippen molar-refractivity contribution in [1.82, 2.24) is 10.6 Å². The molecule has 8 nitrogen and oxygen atoms in total. The summed E-state index contributed by atoms with van der Waals surface area (Å²) < 4.78 is 5.22. The van der Waals surface area contributed by atoms with E-state index < -0.39 is 23.5 Å². The Labute approximate surface area is 154 Å². The standard InChI is InChI=1S/C18H32N2O6/c1-18(2,3)26-17(25)20-10-13-6-4-12(5-7-13)9-19-11-14(16(23)24)8-15(21)22/h12-14,19H,4-11H2,1-3H3,(H,20,25)(H,21,22)(H,23,24). The average molecular weight is 372 g/mol. The Bertz CT molecular complexity index is 481. The molecular formula is C18H32N2O6. The molecule has 0 radical (unpaired) electrons. The van der Waals surface area contributed by atoms with Gasteiger partial charge in [-0.25, -0.2) is 4.79 Å². The first kappa shape index (κ1) is 22.2. The molecule has 0 spiro atoms. The second kappa shape index (κ2) is 10.4. The van der Waals surface area contributed by atoms with Gasteiger partial charge in [-0.05, 0) is 64.8 Å². The van der Waals surface area contributed by atoms with Crippen LogP contribution in [0.1, 0.15) is 52.9 Å². The molecule has 1 rings (SSSR count). The van der Waals surface area contributed by atoms with Gasteiger partial charge in [0.2, 0.25) is 0 Å². The smallest absolute Gasteiger partial charge is 0.407 e. The van der Waals surface area contributed by atoms with Gasteiger partial charge in [-0.15, -0.1) is 0 Å². The molecule has 0 aliphatic heterocycles. The Hall–Kier alpha value is -1.83. The third-order valence-corrected chi connectivity index (χ3v) is 4.49. The lowest BCUT2D eigenvalue weighted by molar-refractivity contribution is -0.148. The summed E-state index contributed by atoms with van der Waals surface area (Å²) in [6.07, 6.45) is 3.25. The highest BCUT2D eigenvalue weighted by molar-refractivity contribution is 5.77. The summed E-state index contributed by atoms with van der Waals surface area (Å²) in [7, 11) is 0. The lowest BCUT2D eigenvalue weighted by Gasteiger charge is -2.29. The first-order chi connectivity index (χ1) is 12.1. The first-order valence-electron chi connectivity index (χ1n) is 9.19. The molecule has 1 fully saturated rings. The van der Waals surface area contributed by atoms with Crippen LogP contribution in [0.2, 0.25) is 0 Å². The van der Waals surface area contributed by atoms with Gasteiger partial charge in [0, 0.05) is 13.1 Å². The van der Waals surface area contributed by atoms with Gasteiger partial charge in [0.1, 0.15) is 5.60 Å². The minimum absolute atomic E-state index is 0.168. The van der Waals surface area contributed by atoms with Gasteiger partial charge >= 0.3 is 18.0 Å². The normalized spacial score (nSPS) is 21.7. The van der Waals surface area contributed by atoms with E-state index in [0.29, 0.717) is 24.9 Å². The molecule has 8 heteroatoms. The summed E-state index contributed by atoms with van der Waals surface area (Å²) in [5.74, 6) is -2.21. The molecule has 0 heterocycles. The molecule has 4 N–H and O–H groups in total. The van der Waals surface area contributed by atoms with Crippen LogP contribution in [0.5, 0.6) is 0 Å². The molecule has 0 bridgehead atoms. The van der Waals surface area contributed by atoms with E-state index in [1.54, 1.807) is 0 Å². The predicted octanol–water partition coefficient (Wildman–Crippen LogP) is 2.08. The molecule has 150 valence electrons. The number of alkyl carbamates (subject to hydrolysis) is 1. The van der Waals surface area contributed by atoms with Crippen molar-refractivity contribution in [2.24, 2.45) is 17.8 Å². The SMILES string of the molecule is CC(C)(C)OC(=O)NCC1CCC(CNCC(CC(=O)O)C(=O)O)CC1. The Balaban J connectivity index is 2.20. The number of carboxylic acids is 2. The highest BCUT2D eigenvalue weighted by Crippen LogP contribution is 2.28. The van der Waals surface area contributed by atoms with E-state index in [-0.39, 0.29) is 19.1 Å². The highest BCUT2D eigenvalue weighted by Gasteiger charge is 2.24. The maximum absolute atomic E-state index is 11.7. The van der Waals surface area contributed by atoms with Crippen LogP contribution in [-0.4, -0.2) is 53.5 Å². The minimum atomic E-state index is -1.10. The van der Waals surface area contributed by atoms with Gasteiger partial charge in [0.15, 0.2) is 0 Å². The summed E-state index contributed by atoms with van der Waals surface area (Å²) in [5.41, 5.74) is -0.498. The lowest BCUT2D eigenvalue weighted by atomic mass is 9.82. The van der Waals surface area contributed by atoms with Gasteiger partial charge in [0.25, 0.3) is 0 Å². The van der Waals surface area contributed by atoms with Crippen LogP contribution in [0, 0.1) is 17.8 Å². The third-order valence-electron chi connectivity index (χ3n) is 4.49. The molecule has 0 aromatic heterocycles. The van der Waals surface area contributed by atoms with Gasteiger partial charge < -0.3 is 25.6 Å². The number of hydrogen-bond acceptors (Lipinski definition) is 5. The predicted molar refractivity (Wildman–Crippen MR) is 95.9 cm³/mol. The molecule has 1 unspecified atom stereocenters. The summed E-state index contributed by atoms with van der Waals surface area (Å²) >= 11 is 0. The van der Waals surface area contributed by atoms with Gasteiger partial charge in [-0.1, -0.05) is 0 Å². The molecule has 1 aliphatic rings. The van der Waals surface area contributed by atoms with Crippen molar-refractivity contribution in [3.8, 4) is 0 Å². The van der Waals surface area contributed by atoms with E-state index in [1.165, 1.54) is 0 Å². The van der Waals surface area contributed by atoms with Crippen LogP contribution < -0.4 is 10.6 Å². The van der Waals surface area contributed by atoms with Crippen LogP contribution in [0.15, 0.2) is 0 Å². The fourth-order valence-electron chi connectivity index (χ4n) is 3.10. The fraction of sp³-hybridized carbons (Fsp3) is 0.833. The van der Waals surface area contributed by atoms with Crippen LogP contribution >= 0.6 is 0 Å². The largest absolute Gasteiger partial charge is 0.481 e. The number of aliphatic carboxylic acids is 2. The monoisotopic (exact) mass is 372 g/mol. The molecule has 1 saturated carbocycles. The Morgan fingerprint density at radius 2 is 1.58 bits per heavy atom. The minimum Gasteiger partial charge on any atom is -0.481 e. The van der Waals surface area contributed by atoms with E-state index in [1.807, 2.05) is 20.8 Å². The second-order valence-electron chi connectivity index (χ2n) is 8.06. The van der Waals surface area contributed by atoms with E-state index in [9.17, 15) is 14.4 Å². The molecule has 0 saturated heterocycles. The van der Waals surface area contributed by atoms with Crippen molar-refractivity contribution in [2.45, 2.75) is 58.5 Å². The molecular weight excluding hydrogens is 340 g/mol. The summed E-state index contributed by atoms with van der Waals surface area (Å²) in [6.45, 7) is 6.95. The third kappa shape index (κ3) is 9.60. The fourth-order valence-corrected chi connectivity index (χ4v) is 3.10. The zero-order chi connectivity index (χ0) is 19.7. The second-order valence-corrected chi connectivity index (χ2v) is 8.06. The summed E-state index contributed by atoms with van der Waals surface area (Å²) in [6, 6.07) is 0. The molecule has 1 amide bonds. The number of carbonyl (C=O) groups is 3. The molecule has 0 aromatic carbocycles. The zero-order valence-electron chi connectivity index (χ0n) is 15.9. The molecule has 1 atom stereocenters.